The van der Waals surface area contributed by atoms with Crippen molar-refractivity contribution in [2.45, 2.75) is 40.2 Å². The van der Waals surface area contributed by atoms with Crippen molar-refractivity contribution >= 4 is 0 Å². The van der Waals surface area contributed by atoms with Crippen molar-refractivity contribution in [3.8, 4) is 0 Å². The highest BCUT2D eigenvalue weighted by atomic mass is 16.5. The smallest absolute Gasteiger partial charge is 0.0593 e. The normalized spacial score (nSPS) is 11.7. The number of rotatable bonds is 13. The molecule has 0 spiro atoms. The molecular formula is C14H32N2O2. The fourth-order valence-electron chi connectivity index (χ4n) is 1.70. The van der Waals surface area contributed by atoms with E-state index >= 15 is 0 Å². The number of ether oxygens (including phenoxy) is 2. The lowest BCUT2D eigenvalue weighted by atomic mass is 10.3. The molecule has 0 heterocycles. The van der Waals surface area contributed by atoms with E-state index in [0.717, 1.165) is 52.6 Å². The van der Waals surface area contributed by atoms with E-state index in [-0.39, 0.29) is 0 Å². The summed E-state index contributed by atoms with van der Waals surface area (Å²) in [6.45, 7) is 15.9. The van der Waals surface area contributed by atoms with Crippen molar-refractivity contribution in [2.24, 2.45) is 0 Å². The van der Waals surface area contributed by atoms with Crippen LogP contribution in [0.15, 0.2) is 0 Å². The second-order valence-corrected chi connectivity index (χ2v) is 4.70. The molecule has 0 aliphatic heterocycles. The molecule has 18 heavy (non-hydrogen) atoms. The van der Waals surface area contributed by atoms with Crippen molar-refractivity contribution in [2.75, 3.05) is 52.6 Å². The summed E-state index contributed by atoms with van der Waals surface area (Å²) in [5.74, 6) is 0. The molecule has 0 fully saturated rings. The molecule has 0 saturated heterocycles. The van der Waals surface area contributed by atoms with Crippen molar-refractivity contribution in [3.63, 3.8) is 0 Å². The van der Waals surface area contributed by atoms with Gasteiger partial charge in [-0.15, -0.1) is 0 Å². The molecule has 110 valence electrons. The first-order chi connectivity index (χ1) is 8.70. The largest absolute Gasteiger partial charge is 0.380 e. The summed E-state index contributed by atoms with van der Waals surface area (Å²) in [5, 5.41) is 3.45. The van der Waals surface area contributed by atoms with Crippen LogP contribution >= 0.6 is 0 Å². The Bertz CT molecular complexity index is 156. The van der Waals surface area contributed by atoms with Crippen LogP contribution in [0, 0.1) is 0 Å². The molecule has 0 aliphatic rings. The van der Waals surface area contributed by atoms with Crippen LogP contribution in [-0.4, -0.2) is 63.5 Å². The minimum atomic E-state index is 0.574. The molecule has 4 heteroatoms. The lowest BCUT2D eigenvalue weighted by Gasteiger charge is -2.22. The molecule has 0 amide bonds. The van der Waals surface area contributed by atoms with Gasteiger partial charge in [0, 0.05) is 32.3 Å². The third-order valence-electron chi connectivity index (χ3n) is 2.72. The minimum absolute atomic E-state index is 0.574. The zero-order valence-corrected chi connectivity index (χ0v) is 12.7. The zero-order valence-electron chi connectivity index (χ0n) is 12.7. The van der Waals surface area contributed by atoms with Crippen LogP contribution in [0.1, 0.15) is 34.1 Å². The van der Waals surface area contributed by atoms with Gasteiger partial charge in [0.1, 0.15) is 0 Å². The van der Waals surface area contributed by atoms with Gasteiger partial charge in [-0.05, 0) is 33.4 Å². The van der Waals surface area contributed by atoms with Gasteiger partial charge in [-0.2, -0.15) is 0 Å². The summed E-state index contributed by atoms with van der Waals surface area (Å²) < 4.78 is 10.8. The van der Waals surface area contributed by atoms with Gasteiger partial charge < -0.3 is 14.8 Å². The van der Waals surface area contributed by atoms with Crippen LogP contribution in [0.4, 0.5) is 0 Å². The lowest BCUT2D eigenvalue weighted by molar-refractivity contribution is 0.0823. The highest BCUT2D eigenvalue weighted by Gasteiger charge is 2.04. The van der Waals surface area contributed by atoms with E-state index in [1.54, 1.807) is 0 Å². The predicted octanol–water partition coefficient (Wildman–Crippen LogP) is 1.75. The molecule has 0 radical (unpaired) electrons. The number of hydrogen-bond donors (Lipinski definition) is 1. The van der Waals surface area contributed by atoms with Gasteiger partial charge in [-0.1, -0.05) is 13.8 Å². The topological polar surface area (TPSA) is 33.7 Å². The summed E-state index contributed by atoms with van der Waals surface area (Å²) >= 11 is 0. The van der Waals surface area contributed by atoms with Crippen LogP contribution in [0.3, 0.4) is 0 Å². The van der Waals surface area contributed by atoms with Gasteiger partial charge in [-0.3, -0.25) is 4.90 Å². The maximum atomic E-state index is 5.42. The average Bonchev–Trinajstić information content (AvgIpc) is 2.34. The second-order valence-electron chi connectivity index (χ2n) is 4.70. The monoisotopic (exact) mass is 260 g/mol. The van der Waals surface area contributed by atoms with Gasteiger partial charge in [0.25, 0.3) is 0 Å². The molecule has 4 nitrogen and oxygen atoms in total. The Hall–Kier alpha value is -0.160. The molecule has 0 aromatic carbocycles. The van der Waals surface area contributed by atoms with Crippen LogP contribution in [0.5, 0.6) is 0 Å². The summed E-state index contributed by atoms with van der Waals surface area (Å²) in [5.41, 5.74) is 0. The average molecular weight is 260 g/mol. The SMILES string of the molecule is CCOCCN(CCCNC(C)C)CCOCC. The number of hydrogen-bond acceptors (Lipinski definition) is 4. The summed E-state index contributed by atoms with van der Waals surface area (Å²) in [7, 11) is 0. The number of nitrogens with zero attached hydrogens (tertiary/aromatic N) is 1. The summed E-state index contributed by atoms with van der Waals surface area (Å²) in [6, 6.07) is 0.574. The molecule has 0 unspecified atom stereocenters. The highest BCUT2D eigenvalue weighted by molar-refractivity contribution is 4.60. The van der Waals surface area contributed by atoms with E-state index < -0.39 is 0 Å². The summed E-state index contributed by atoms with van der Waals surface area (Å²) in [4.78, 5) is 2.42. The molecule has 0 aromatic rings. The van der Waals surface area contributed by atoms with Gasteiger partial charge in [-0.25, -0.2) is 0 Å². The number of nitrogens with one attached hydrogen (secondary N) is 1. The maximum Gasteiger partial charge on any atom is 0.0593 e. The molecule has 0 atom stereocenters. The molecule has 0 aliphatic carbocycles. The zero-order chi connectivity index (χ0) is 13.6. The lowest BCUT2D eigenvalue weighted by Crippen LogP contribution is -2.34. The molecular weight excluding hydrogens is 228 g/mol. The Morgan fingerprint density at radius 1 is 0.944 bits per heavy atom. The minimum Gasteiger partial charge on any atom is -0.380 e. The Morgan fingerprint density at radius 2 is 1.50 bits per heavy atom. The first-order valence-corrected chi connectivity index (χ1v) is 7.31. The second kappa shape index (κ2) is 13.3. The van der Waals surface area contributed by atoms with Crippen LogP contribution in [0.2, 0.25) is 0 Å². The van der Waals surface area contributed by atoms with Crippen molar-refractivity contribution in [1.29, 1.82) is 0 Å². The standard InChI is InChI=1S/C14H32N2O2/c1-5-17-12-10-16(11-13-18-6-2)9-7-8-15-14(3)4/h14-15H,5-13H2,1-4H3. The van der Waals surface area contributed by atoms with E-state index in [0.29, 0.717) is 6.04 Å². The fraction of sp³-hybridized carbons (Fsp3) is 1.00. The fourth-order valence-corrected chi connectivity index (χ4v) is 1.70. The van der Waals surface area contributed by atoms with Crippen LogP contribution in [0.25, 0.3) is 0 Å². The molecule has 0 aromatic heterocycles. The van der Waals surface area contributed by atoms with E-state index in [2.05, 4.69) is 24.1 Å². The Labute approximate surface area is 113 Å². The highest BCUT2D eigenvalue weighted by Crippen LogP contribution is 1.93. The van der Waals surface area contributed by atoms with E-state index in [4.69, 9.17) is 9.47 Å². The Kier molecular flexibility index (Phi) is 13.2. The Balaban J connectivity index is 3.66. The van der Waals surface area contributed by atoms with Crippen molar-refractivity contribution < 1.29 is 9.47 Å². The molecule has 0 rings (SSSR count). The van der Waals surface area contributed by atoms with Gasteiger partial charge in [0.15, 0.2) is 0 Å². The molecule has 0 bridgehead atoms. The van der Waals surface area contributed by atoms with E-state index in [1.165, 1.54) is 6.42 Å². The third kappa shape index (κ3) is 12.3. The predicted molar refractivity (Wildman–Crippen MR) is 77.2 cm³/mol. The van der Waals surface area contributed by atoms with Crippen LogP contribution < -0.4 is 5.32 Å². The summed E-state index contributed by atoms with van der Waals surface area (Å²) in [6.07, 6.45) is 1.18. The van der Waals surface area contributed by atoms with Gasteiger partial charge >= 0.3 is 0 Å². The molecule has 0 saturated carbocycles. The van der Waals surface area contributed by atoms with Gasteiger partial charge in [0.2, 0.25) is 0 Å². The maximum absolute atomic E-state index is 5.42. The molecule has 1 N–H and O–H groups in total. The van der Waals surface area contributed by atoms with Crippen LogP contribution in [-0.2, 0) is 9.47 Å². The van der Waals surface area contributed by atoms with E-state index in [9.17, 15) is 0 Å². The van der Waals surface area contributed by atoms with Crippen molar-refractivity contribution in [3.05, 3.63) is 0 Å². The van der Waals surface area contributed by atoms with Crippen molar-refractivity contribution in [1.82, 2.24) is 10.2 Å². The quantitative estimate of drug-likeness (QED) is 0.512. The Morgan fingerprint density at radius 3 is 1.94 bits per heavy atom. The first kappa shape index (κ1) is 17.8. The first-order valence-electron chi connectivity index (χ1n) is 7.31. The van der Waals surface area contributed by atoms with E-state index in [1.807, 2.05) is 13.8 Å². The third-order valence-corrected chi connectivity index (χ3v) is 2.72. The van der Waals surface area contributed by atoms with Gasteiger partial charge in [0.05, 0.1) is 13.2 Å².